The van der Waals surface area contributed by atoms with Gasteiger partial charge in [-0.05, 0) is 32.9 Å². The summed E-state index contributed by atoms with van der Waals surface area (Å²) < 4.78 is 5.23. The van der Waals surface area contributed by atoms with E-state index < -0.39 is 11.6 Å². The average Bonchev–Trinajstić information content (AvgIpc) is 2.58. The van der Waals surface area contributed by atoms with Crippen molar-refractivity contribution in [3.63, 3.8) is 0 Å². The van der Waals surface area contributed by atoms with Crippen LogP contribution in [-0.2, 0) is 4.74 Å². The van der Waals surface area contributed by atoms with Crippen LogP contribution in [0.15, 0.2) is 18.3 Å². The smallest absolute Gasteiger partial charge is 0.361 e. The Kier molecular flexibility index (Phi) is 2.38. The highest BCUT2D eigenvalue weighted by Crippen LogP contribution is 2.16. The first kappa shape index (κ1) is 10.6. The van der Waals surface area contributed by atoms with Gasteiger partial charge in [-0.3, -0.25) is 10.1 Å². The predicted molar refractivity (Wildman–Crippen MR) is 59.1 cm³/mol. The number of rotatable bonds is 1. The van der Waals surface area contributed by atoms with Crippen molar-refractivity contribution < 1.29 is 9.53 Å². The van der Waals surface area contributed by atoms with E-state index in [9.17, 15) is 4.79 Å². The van der Waals surface area contributed by atoms with E-state index in [0.717, 1.165) is 5.52 Å². The maximum atomic E-state index is 11.8. The third kappa shape index (κ3) is 2.03. The number of nitrogens with zero attached hydrogens (tertiary/aromatic N) is 2. The Labute approximate surface area is 92.8 Å². The fourth-order valence-electron chi connectivity index (χ4n) is 1.32. The van der Waals surface area contributed by atoms with Gasteiger partial charge in [-0.15, -0.1) is 0 Å². The second-order valence-corrected chi connectivity index (χ2v) is 4.47. The van der Waals surface area contributed by atoms with Crippen molar-refractivity contribution in [2.45, 2.75) is 26.4 Å². The normalized spacial score (nSPS) is 11.7. The molecule has 0 spiro atoms. The van der Waals surface area contributed by atoms with Crippen LogP contribution in [0.4, 0.5) is 0 Å². The standard InChI is InChI=1S/C11H13N3O2/c1-11(2,3)16-10(15)9-8-7(13-14-9)5-4-6-12-8/h4-6H,1-3H3,(H,13,14). The monoisotopic (exact) mass is 219 g/mol. The number of H-pyrrole nitrogens is 1. The molecule has 2 rings (SSSR count). The van der Waals surface area contributed by atoms with Crippen molar-refractivity contribution in [3.8, 4) is 0 Å². The van der Waals surface area contributed by atoms with Gasteiger partial charge in [0.25, 0.3) is 0 Å². The second kappa shape index (κ2) is 3.59. The summed E-state index contributed by atoms with van der Waals surface area (Å²) >= 11 is 0. The lowest BCUT2D eigenvalue weighted by Gasteiger charge is -2.18. The molecule has 0 aliphatic rings. The zero-order chi connectivity index (χ0) is 11.8. The van der Waals surface area contributed by atoms with Gasteiger partial charge >= 0.3 is 5.97 Å². The van der Waals surface area contributed by atoms with Crippen molar-refractivity contribution in [2.24, 2.45) is 0 Å². The number of carbonyl (C=O) groups is 1. The van der Waals surface area contributed by atoms with Crippen molar-refractivity contribution >= 4 is 17.0 Å². The molecule has 2 heterocycles. The first-order chi connectivity index (χ1) is 7.47. The Morgan fingerprint density at radius 3 is 2.88 bits per heavy atom. The topological polar surface area (TPSA) is 67.9 Å². The fraction of sp³-hybridized carbons (Fsp3) is 0.364. The van der Waals surface area contributed by atoms with Crippen LogP contribution in [0.5, 0.6) is 0 Å². The third-order valence-corrected chi connectivity index (χ3v) is 1.91. The molecule has 1 N–H and O–H groups in total. The zero-order valence-electron chi connectivity index (χ0n) is 9.44. The van der Waals surface area contributed by atoms with Gasteiger partial charge in [-0.2, -0.15) is 5.10 Å². The molecule has 0 fully saturated rings. The summed E-state index contributed by atoms with van der Waals surface area (Å²) in [6.07, 6.45) is 1.62. The van der Waals surface area contributed by atoms with E-state index in [4.69, 9.17) is 4.74 Å². The van der Waals surface area contributed by atoms with Crippen LogP contribution in [0.25, 0.3) is 11.0 Å². The predicted octanol–water partition coefficient (Wildman–Crippen LogP) is 1.91. The lowest BCUT2D eigenvalue weighted by atomic mass is 10.2. The number of aromatic nitrogens is 3. The molecule has 5 heteroatoms. The molecule has 0 unspecified atom stereocenters. The number of ether oxygens (including phenoxy) is 1. The van der Waals surface area contributed by atoms with Crippen LogP contribution in [0.2, 0.25) is 0 Å². The van der Waals surface area contributed by atoms with Gasteiger partial charge in [0.15, 0.2) is 5.69 Å². The highest BCUT2D eigenvalue weighted by molar-refractivity contribution is 5.99. The van der Waals surface area contributed by atoms with Gasteiger partial charge < -0.3 is 4.74 Å². The molecular weight excluding hydrogens is 206 g/mol. The maximum Gasteiger partial charge on any atom is 0.361 e. The molecular formula is C11H13N3O2. The Hall–Kier alpha value is -1.91. The second-order valence-electron chi connectivity index (χ2n) is 4.47. The number of hydrogen-bond acceptors (Lipinski definition) is 4. The molecule has 5 nitrogen and oxygen atoms in total. The molecule has 0 atom stereocenters. The molecule has 16 heavy (non-hydrogen) atoms. The largest absolute Gasteiger partial charge is 0.455 e. The summed E-state index contributed by atoms with van der Waals surface area (Å²) in [5, 5.41) is 6.66. The fourth-order valence-corrected chi connectivity index (χ4v) is 1.32. The number of esters is 1. The maximum absolute atomic E-state index is 11.8. The minimum Gasteiger partial charge on any atom is -0.455 e. The van der Waals surface area contributed by atoms with Gasteiger partial charge in [0.05, 0.1) is 5.52 Å². The summed E-state index contributed by atoms with van der Waals surface area (Å²) in [6.45, 7) is 5.44. The Bertz CT molecular complexity index is 525. The quantitative estimate of drug-likeness (QED) is 0.744. The van der Waals surface area contributed by atoms with Gasteiger partial charge in [0.2, 0.25) is 0 Å². The zero-order valence-corrected chi connectivity index (χ0v) is 9.44. The molecule has 0 radical (unpaired) electrons. The molecule has 2 aromatic rings. The summed E-state index contributed by atoms with van der Waals surface area (Å²) in [5.41, 5.74) is 0.961. The van der Waals surface area contributed by atoms with Crippen LogP contribution in [0, 0.1) is 0 Å². The number of nitrogens with one attached hydrogen (secondary N) is 1. The van der Waals surface area contributed by atoms with Gasteiger partial charge in [0.1, 0.15) is 11.1 Å². The Morgan fingerprint density at radius 2 is 2.19 bits per heavy atom. The van der Waals surface area contributed by atoms with Gasteiger partial charge in [-0.1, -0.05) is 0 Å². The lowest BCUT2D eigenvalue weighted by molar-refractivity contribution is 0.00648. The summed E-state index contributed by atoms with van der Waals surface area (Å²) in [6, 6.07) is 3.59. The van der Waals surface area contributed by atoms with Crippen molar-refractivity contribution in [1.82, 2.24) is 15.2 Å². The molecule has 0 aliphatic carbocycles. The van der Waals surface area contributed by atoms with E-state index in [-0.39, 0.29) is 5.69 Å². The van der Waals surface area contributed by atoms with Crippen molar-refractivity contribution in [2.75, 3.05) is 0 Å². The molecule has 0 saturated carbocycles. The molecule has 0 aromatic carbocycles. The van der Waals surface area contributed by atoms with E-state index in [2.05, 4.69) is 15.2 Å². The number of pyridine rings is 1. The minimum absolute atomic E-state index is 0.227. The van der Waals surface area contributed by atoms with Crippen molar-refractivity contribution in [3.05, 3.63) is 24.0 Å². The van der Waals surface area contributed by atoms with Crippen LogP contribution in [0.1, 0.15) is 31.3 Å². The molecule has 0 aliphatic heterocycles. The summed E-state index contributed by atoms with van der Waals surface area (Å²) in [5.74, 6) is -0.461. The molecule has 84 valence electrons. The van der Waals surface area contributed by atoms with Crippen LogP contribution < -0.4 is 0 Å². The van der Waals surface area contributed by atoms with E-state index in [0.29, 0.717) is 5.52 Å². The highest BCUT2D eigenvalue weighted by atomic mass is 16.6. The van der Waals surface area contributed by atoms with Crippen LogP contribution >= 0.6 is 0 Å². The first-order valence-corrected chi connectivity index (χ1v) is 5.00. The van der Waals surface area contributed by atoms with Crippen LogP contribution in [0.3, 0.4) is 0 Å². The van der Waals surface area contributed by atoms with E-state index in [1.807, 2.05) is 26.8 Å². The number of aromatic amines is 1. The lowest BCUT2D eigenvalue weighted by Crippen LogP contribution is -2.24. The molecule has 0 saturated heterocycles. The van der Waals surface area contributed by atoms with Gasteiger partial charge in [-0.25, -0.2) is 4.79 Å². The summed E-state index contributed by atoms with van der Waals surface area (Å²) in [4.78, 5) is 15.9. The molecule has 0 amide bonds. The Balaban J connectivity index is 2.37. The van der Waals surface area contributed by atoms with E-state index in [1.165, 1.54) is 0 Å². The number of hydrogen-bond donors (Lipinski definition) is 1. The average molecular weight is 219 g/mol. The molecule has 0 bridgehead atoms. The number of carbonyl (C=O) groups excluding carboxylic acids is 1. The highest BCUT2D eigenvalue weighted by Gasteiger charge is 2.22. The van der Waals surface area contributed by atoms with E-state index in [1.54, 1.807) is 12.3 Å². The van der Waals surface area contributed by atoms with E-state index >= 15 is 0 Å². The first-order valence-electron chi connectivity index (χ1n) is 5.00. The Morgan fingerprint density at radius 1 is 1.44 bits per heavy atom. The summed E-state index contributed by atoms with van der Waals surface area (Å²) in [7, 11) is 0. The van der Waals surface area contributed by atoms with Gasteiger partial charge in [0, 0.05) is 6.20 Å². The third-order valence-electron chi connectivity index (χ3n) is 1.91. The molecule has 2 aromatic heterocycles. The SMILES string of the molecule is CC(C)(C)OC(=O)c1n[nH]c2cccnc12. The van der Waals surface area contributed by atoms with Crippen LogP contribution in [-0.4, -0.2) is 26.8 Å². The number of fused-ring (bicyclic) bond motifs is 1. The van der Waals surface area contributed by atoms with Crippen molar-refractivity contribution in [1.29, 1.82) is 0 Å². The minimum atomic E-state index is -0.531.